The van der Waals surface area contributed by atoms with Crippen LogP contribution in [0.25, 0.3) is 11.1 Å². The van der Waals surface area contributed by atoms with Crippen LogP contribution in [-0.2, 0) is 24.3 Å². The van der Waals surface area contributed by atoms with E-state index in [-0.39, 0.29) is 18.9 Å². The van der Waals surface area contributed by atoms with Crippen molar-refractivity contribution in [2.45, 2.75) is 39.8 Å². The molecule has 3 heterocycles. The monoisotopic (exact) mass is 412 g/mol. The number of para-hydroxylation sites is 2. The van der Waals surface area contributed by atoms with Gasteiger partial charge in [0.1, 0.15) is 5.01 Å². The van der Waals surface area contributed by atoms with Crippen LogP contribution in [0.3, 0.4) is 0 Å². The van der Waals surface area contributed by atoms with Gasteiger partial charge in [-0.05, 0) is 32.0 Å². The summed E-state index contributed by atoms with van der Waals surface area (Å²) in [6.07, 6.45) is 0.815. The molecule has 0 aliphatic carbocycles. The predicted molar refractivity (Wildman–Crippen MR) is 109 cm³/mol. The molecule has 0 aliphatic rings. The minimum absolute atomic E-state index is 0.129. The van der Waals surface area contributed by atoms with E-state index in [0.717, 1.165) is 16.4 Å². The fraction of sp³-hybridized carbons (Fsp3) is 0.316. The van der Waals surface area contributed by atoms with Crippen molar-refractivity contribution in [1.29, 1.82) is 0 Å². The SMILES string of the molecule is Cc1cc(C)n(CCc2nnc(NC(=O)CCn3c(=O)oc4ccccc43)s2)n1. The number of fused-ring (bicyclic) bond motifs is 1. The molecule has 10 heteroatoms. The lowest BCUT2D eigenvalue weighted by atomic mass is 10.3. The van der Waals surface area contributed by atoms with Crippen LogP contribution in [0.15, 0.2) is 39.5 Å². The number of hydrogen-bond donors (Lipinski definition) is 1. The molecule has 0 unspecified atom stereocenters. The third-order valence-corrected chi connectivity index (χ3v) is 5.39. The Morgan fingerprint density at radius 1 is 1.21 bits per heavy atom. The number of rotatable bonds is 7. The van der Waals surface area contributed by atoms with Crippen LogP contribution in [-0.4, -0.2) is 30.5 Å². The molecule has 0 atom stereocenters. The van der Waals surface area contributed by atoms with Gasteiger partial charge in [-0.2, -0.15) is 5.10 Å². The number of nitrogens with zero attached hydrogens (tertiary/aromatic N) is 5. The molecule has 0 aliphatic heterocycles. The molecule has 3 aromatic heterocycles. The molecule has 1 aromatic carbocycles. The highest BCUT2D eigenvalue weighted by molar-refractivity contribution is 7.15. The fourth-order valence-electron chi connectivity index (χ4n) is 3.13. The lowest BCUT2D eigenvalue weighted by Crippen LogP contribution is -2.19. The Balaban J connectivity index is 1.32. The Labute approximate surface area is 170 Å². The summed E-state index contributed by atoms with van der Waals surface area (Å²) in [5.74, 6) is -0.704. The second kappa shape index (κ2) is 8.00. The van der Waals surface area contributed by atoms with Gasteiger partial charge in [-0.25, -0.2) is 4.79 Å². The molecule has 4 aromatic rings. The average molecular weight is 412 g/mol. The van der Waals surface area contributed by atoms with Gasteiger partial charge in [0.05, 0.1) is 11.2 Å². The number of nitrogens with one attached hydrogen (secondary N) is 1. The van der Waals surface area contributed by atoms with Crippen LogP contribution in [0.4, 0.5) is 5.13 Å². The van der Waals surface area contributed by atoms with Gasteiger partial charge in [0, 0.05) is 31.6 Å². The summed E-state index contributed by atoms with van der Waals surface area (Å²) in [4.78, 5) is 24.2. The highest BCUT2D eigenvalue weighted by Crippen LogP contribution is 2.17. The Kier molecular flexibility index (Phi) is 5.26. The van der Waals surface area contributed by atoms with Crippen LogP contribution < -0.4 is 11.1 Å². The first-order valence-corrected chi connectivity index (χ1v) is 10.0. The topological polar surface area (TPSA) is 108 Å². The Bertz CT molecular complexity index is 1220. The van der Waals surface area contributed by atoms with Crippen LogP contribution in [0, 0.1) is 13.8 Å². The van der Waals surface area contributed by atoms with E-state index in [9.17, 15) is 9.59 Å². The Morgan fingerprint density at radius 3 is 2.83 bits per heavy atom. The van der Waals surface area contributed by atoms with Gasteiger partial charge in [-0.3, -0.25) is 14.0 Å². The summed E-state index contributed by atoms with van der Waals surface area (Å²) < 4.78 is 8.56. The number of benzene rings is 1. The molecule has 0 saturated carbocycles. The number of amides is 1. The molecule has 4 rings (SSSR count). The van der Waals surface area contributed by atoms with Crippen molar-refractivity contribution in [3.8, 4) is 0 Å². The number of aromatic nitrogens is 5. The minimum Gasteiger partial charge on any atom is -0.408 e. The summed E-state index contributed by atoms with van der Waals surface area (Å²) in [6.45, 7) is 4.91. The van der Waals surface area contributed by atoms with Crippen LogP contribution in [0.1, 0.15) is 22.8 Å². The number of oxazole rings is 1. The summed E-state index contributed by atoms with van der Waals surface area (Å²) in [5.41, 5.74) is 3.27. The van der Waals surface area contributed by atoms with E-state index in [1.54, 1.807) is 18.2 Å². The number of hydrogen-bond acceptors (Lipinski definition) is 7. The van der Waals surface area contributed by atoms with Crippen molar-refractivity contribution in [2.75, 3.05) is 5.32 Å². The Morgan fingerprint density at radius 2 is 2.03 bits per heavy atom. The van der Waals surface area contributed by atoms with Gasteiger partial charge in [0.25, 0.3) is 0 Å². The van der Waals surface area contributed by atoms with E-state index in [0.29, 0.717) is 29.2 Å². The predicted octanol–water partition coefficient (Wildman–Crippen LogP) is 2.53. The van der Waals surface area contributed by atoms with Gasteiger partial charge < -0.3 is 9.73 Å². The lowest BCUT2D eigenvalue weighted by molar-refractivity contribution is -0.116. The maximum absolute atomic E-state index is 12.3. The van der Waals surface area contributed by atoms with Gasteiger partial charge in [-0.1, -0.05) is 23.5 Å². The standard InChI is InChI=1S/C19H20N6O3S/c1-12-11-13(2)25(23-12)10-8-17-21-22-18(29-17)20-16(26)7-9-24-14-5-3-4-6-15(14)28-19(24)27/h3-6,11H,7-10H2,1-2H3,(H,20,22,26). The van der Waals surface area contributed by atoms with Crippen LogP contribution in [0.5, 0.6) is 0 Å². The van der Waals surface area contributed by atoms with Crippen molar-refractivity contribution >= 4 is 33.5 Å². The van der Waals surface area contributed by atoms with Crippen LogP contribution in [0.2, 0.25) is 0 Å². The zero-order valence-electron chi connectivity index (χ0n) is 16.1. The quantitative estimate of drug-likeness (QED) is 0.500. The highest BCUT2D eigenvalue weighted by atomic mass is 32.1. The molecule has 0 radical (unpaired) electrons. The van der Waals surface area contributed by atoms with E-state index in [2.05, 4.69) is 20.6 Å². The van der Waals surface area contributed by atoms with E-state index < -0.39 is 5.76 Å². The maximum Gasteiger partial charge on any atom is 0.419 e. The highest BCUT2D eigenvalue weighted by Gasteiger charge is 2.12. The molecule has 29 heavy (non-hydrogen) atoms. The fourth-order valence-corrected chi connectivity index (χ4v) is 3.87. The van der Waals surface area contributed by atoms with E-state index in [1.807, 2.05) is 30.7 Å². The third kappa shape index (κ3) is 4.27. The second-order valence-corrected chi connectivity index (χ2v) is 7.75. The lowest BCUT2D eigenvalue weighted by Gasteiger charge is -2.02. The van der Waals surface area contributed by atoms with Crippen LogP contribution >= 0.6 is 11.3 Å². The maximum atomic E-state index is 12.3. The van der Waals surface area contributed by atoms with Crippen molar-refractivity contribution in [3.05, 3.63) is 57.3 Å². The van der Waals surface area contributed by atoms with Crippen molar-refractivity contribution in [2.24, 2.45) is 0 Å². The summed E-state index contributed by atoms with van der Waals surface area (Å²) in [6, 6.07) is 9.16. The van der Waals surface area contributed by atoms with Gasteiger partial charge in [0.15, 0.2) is 5.58 Å². The van der Waals surface area contributed by atoms with E-state index >= 15 is 0 Å². The summed E-state index contributed by atoms with van der Waals surface area (Å²) in [5, 5.41) is 16.6. The first kappa shape index (κ1) is 19.1. The molecule has 1 N–H and O–H groups in total. The van der Waals surface area contributed by atoms with Gasteiger partial charge in [-0.15, -0.1) is 10.2 Å². The zero-order valence-corrected chi connectivity index (χ0v) is 16.9. The third-order valence-electron chi connectivity index (χ3n) is 4.49. The molecule has 150 valence electrons. The Hall–Kier alpha value is -3.27. The smallest absolute Gasteiger partial charge is 0.408 e. The second-order valence-electron chi connectivity index (χ2n) is 6.69. The van der Waals surface area contributed by atoms with Crippen molar-refractivity contribution < 1.29 is 9.21 Å². The van der Waals surface area contributed by atoms with E-state index in [4.69, 9.17) is 4.42 Å². The molecule has 0 saturated heterocycles. The zero-order chi connectivity index (χ0) is 20.4. The molecular weight excluding hydrogens is 392 g/mol. The molecule has 9 nitrogen and oxygen atoms in total. The van der Waals surface area contributed by atoms with Crippen molar-refractivity contribution in [3.63, 3.8) is 0 Å². The molecule has 0 bridgehead atoms. The normalized spacial score (nSPS) is 11.2. The molecule has 1 amide bonds. The summed E-state index contributed by atoms with van der Waals surface area (Å²) in [7, 11) is 0. The molecule has 0 fully saturated rings. The first-order valence-electron chi connectivity index (χ1n) is 9.21. The summed E-state index contributed by atoms with van der Waals surface area (Å²) >= 11 is 1.34. The number of aryl methyl sites for hydroxylation is 5. The van der Waals surface area contributed by atoms with Gasteiger partial charge in [0.2, 0.25) is 11.0 Å². The van der Waals surface area contributed by atoms with Gasteiger partial charge >= 0.3 is 5.76 Å². The largest absolute Gasteiger partial charge is 0.419 e. The average Bonchev–Trinajstić information content (AvgIpc) is 3.35. The van der Waals surface area contributed by atoms with E-state index in [1.165, 1.54) is 15.9 Å². The number of carbonyl (C=O) groups is 1. The first-order chi connectivity index (χ1) is 14.0. The number of anilines is 1. The molecule has 0 spiro atoms. The van der Waals surface area contributed by atoms with Crippen molar-refractivity contribution in [1.82, 2.24) is 24.5 Å². The number of carbonyl (C=O) groups excluding carboxylic acids is 1. The molecular formula is C19H20N6O3S. The minimum atomic E-state index is -0.471.